The monoisotopic (exact) mass is 126 g/mol. The standard InChI is InChI=1S/C6H10N2O/c1-2-3-4-8-6(9)5-7/h4-5,7H2,1H3,(H,8,9). The van der Waals surface area contributed by atoms with Crippen LogP contribution in [0.4, 0.5) is 0 Å². The van der Waals surface area contributed by atoms with E-state index in [-0.39, 0.29) is 12.5 Å². The van der Waals surface area contributed by atoms with Crippen molar-refractivity contribution in [1.29, 1.82) is 0 Å². The lowest BCUT2D eigenvalue weighted by Gasteiger charge is -1.93. The van der Waals surface area contributed by atoms with E-state index in [1.165, 1.54) is 0 Å². The highest BCUT2D eigenvalue weighted by Gasteiger charge is 1.90. The molecule has 0 unspecified atom stereocenters. The summed E-state index contributed by atoms with van der Waals surface area (Å²) in [6.45, 7) is 2.15. The first-order valence-electron chi connectivity index (χ1n) is 2.67. The number of nitrogens with one attached hydrogen (secondary N) is 1. The average Bonchev–Trinajstić information content (AvgIpc) is 1.89. The molecule has 0 saturated heterocycles. The molecule has 0 rings (SSSR count). The maximum atomic E-state index is 10.4. The Bertz CT molecular complexity index is 143. The molecule has 0 aliphatic rings. The summed E-state index contributed by atoms with van der Waals surface area (Å²) in [5, 5.41) is 2.50. The third kappa shape index (κ3) is 4.85. The Hall–Kier alpha value is -1.01. The van der Waals surface area contributed by atoms with Gasteiger partial charge in [-0.2, -0.15) is 0 Å². The fourth-order valence-electron chi connectivity index (χ4n) is 0.303. The zero-order chi connectivity index (χ0) is 7.11. The van der Waals surface area contributed by atoms with Crippen molar-refractivity contribution in [2.24, 2.45) is 5.73 Å². The summed E-state index contributed by atoms with van der Waals surface area (Å²) < 4.78 is 0. The zero-order valence-corrected chi connectivity index (χ0v) is 5.40. The highest BCUT2D eigenvalue weighted by Crippen LogP contribution is 1.57. The average molecular weight is 126 g/mol. The van der Waals surface area contributed by atoms with Crippen molar-refractivity contribution in [3.63, 3.8) is 0 Å². The van der Waals surface area contributed by atoms with Crippen molar-refractivity contribution in [2.75, 3.05) is 13.1 Å². The Morgan fingerprint density at radius 3 is 2.89 bits per heavy atom. The minimum Gasteiger partial charge on any atom is -0.344 e. The van der Waals surface area contributed by atoms with E-state index < -0.39 is 0 Å². The molecular weight excluding hydrogens is 116 g/mol. The van der Waals surface area contributed by atoms with Gasteiger partial charge in [-0.3, -0.25) is 4.79 Å². The summed E-state index contributed by atoms with van der Waals surface area (Å²) in [6, 6.07) is 0. The van der Waals surface area contributed by atoms with Crippen LogP contribution in [0.5, 0.6) is 0 Å². The van der Waals surface area contributed by atoms with Crippen LogP contribution in [0.25, 0.3) is 0 Å². The second-order valence-corrected chi connectivity index (χ2v) is 1.41. The summed E-state index contributed by atoms with van der Waals surface area (Å²) in [4.78, 5) is 10.4. The van der Waals surface area contributed by atoms with Gasteiger partial charge in [0.2, 0.25) is 5.91 Å². The molecule has 50 valence electrons. The maximum Gasteiger partial charge on any atom is 0.234 e. The van der Waals surface area contributed by atoms with Gasteiger partial charge < -0.3 is 11.1 Å². The Morgan fingerprint density at radius 1 is 1.78 bits per heavy atom. The van der Waals surface area contributed by atoms with E-state index in [0.29, 0.717) is 6.54 Å². The van der Waals surface area contributed by atoms with Crippen LogP contribution < -0.4 is 11.1 Å². The summed E-state index contributed by atoms with van der Waals surface area (Å²) in [5.41, 5.74) is 4.99. The van der Waals surface area contributed by atoms with E-state index in [2.05, 4.69) is 17.2 Å². The molecule has 0 heterocycles. The molecule has 0 bridgehead atoms. The highest BCUT2D eigenvalue weighted by atomic mass is 16.1. The molecule has 0 aromatic carbocycles. The van der Waals surface area contributed by atoms with E-state index >= 15 is 0 Å². The predicted molar refractivity (Wildman–Crippen MR) is 35.5 cm³/mol. The van der Waals surface area contributed by atoms with Crippen LogP contribution in [0.3, 0.4) is 0 Å². The molecule has 0 aromatic rings. The fraction of sp³-hybridized carbons (Fsp3) is 0.500. The summed E-state index contributed by atoms with van der Waals surface area (Å²) in [6.07, 6.45) is 0. The molecule has 0 aromatic heterocycles. The van der Waals surface area contributed by atoms with Gasteiger partial charge in [0.15, 0.2) is 0 Å². The minimum absolute atomic E-state index is 0.0331. The number of carbonyl (C=O) groups is 1. The number of hydrogen-bond donors (Lipinski definition) is 2. The van der Waals surface area contributed by atoms with Gasteiger partial charge in [0, 0.05) is 0 Å². The molecule has 9 heavy (non-hydrogen) atoms. The van der Waals surface area contributed by atoms with Crippen LogP contribution >= 0.6 is 0 Å². The van der Waals surface area contributed by atoms with E-state index in [9.17, 15) is 4.79 Å². The predicted octanol–water partition coefficient (Wildman–Crippen LogP) is -0.915. The number of carbonyl (C=O) groups excluding carboxylic acids is 1. The first-order valence-corrected chi connectivity index (χ1v) is 2.67. The van der Waals surface area contributed by atoms with Crippen LogP contribution in [0.2, 0.25) is 0 Å². The van der Waals surface area contributed by atoms with Gasteiger partial charge in [0.1, 0.15) is 0 Å². The van der Waals surface area contributed by atoms with Crippen molar-refractivity contribution in [2.45, 2.75) is 6.92 Å². The molecule has 0 aliphatic heterocycles. The molecule has 0 aliphatic carbocycles. The molecule has 0 radical (unpaired) electrons. The number of amides is 1. The minimum atomic E-state index is -0.169. The van der Waals surface area contributed by atoms with Gasteiger partial charge in [-0.25, -0.2) is 0 Å². The molecule has 0 saturated carbocycles. The highest BCUT2D eigenvalue weighted by molar-refractivity contribution is 5.77. The second kappa shape index (κ2) is 5.13. The van der Waals surface area contributed by atoms with E-state index in [1.807, 2.05) is 0 Å². The Labute approximate surface area is 54.6 Å². The van der Waals surface area contributed by atoms with Crippen molar-refractivity contribution in [3.8, 4) is 11.8 Å². The van der Waals surface area contributed by atoms with E-state index in [1.54, 1.807) is 6.92 Å². The second-order valence-electron chi connectivity index (χ2n) is 1.41. The van der Waals surface area contributed by atoms with E-state index in [0.717, 1.165) is 0 Å². The lowest BCUT2D eigenvalue weighted by Crippen LogP contribution is -2.30. The van der Waals surface area contributed by atoms with Crippen molar-refractivity contribution < 1.29 is 4.79 Å². The van der Waals surface area contributed by atoms with Gasteiger partial charge in [-0.1, -0.05) is 5.92 Å². The first-order chi connectivity index (χ1) is 4.31. The van der Waals surface area contributed by atoms with Crippen LogP contribution in [0.15, 0.2) is 0 Å². The van der Waals surface area contributed by atoms with Gasteiger partial charge in [-0.15, -0.1) is 5.92 Å². The lowest BCUT2D eigenvalue weighted by atomic mass is 10.5. The fourth-order valence-corrected chi connectivity index (χ4v) is 0.303. The van der Waals surface area contributed by atoms with E-state index in [4.69, 9.17) is 5.73 Å². The SMILES string of the molecule is CC#CCNC(=O)CN. The maximum absolute atomic E-state index is 10.4. The molecule has 3 heteroatoms. The Kier molecular flexibility index (Phi) is 4.56. The zero-order valence-electron chi connectivity index (χ0n) is 5.40. The molecule has 1 amide bonds. The van der Waals surface area contributed by atoms with Crippen molar-refractivity contribution in [3.05, 3.63) is 0 Å². The number of hydrogen-bond acceptors (Lipinski definition) is 2. The number of nitrogens with two attached hydrogens (primary N) is 1. The largest absolute Gasteiger partial charge is 0.344 e. The summed E-state index contributed by atoms with van der Waals surface area (Å²) in [7, 11) is 0. The third-order valence-electron chi connectivity index (χ3n) is 0.736. The normalized spacial score (nSPS) is 7.33. The lowest BCUT2D eigenvalue weighted by molar-refractivity contribution is -0.119. The van der Waals surface area contributed by atoms with Gasteiger partial charge in [0.25, 0.3) is 0 Å². The van der Waals surface area contributed by atoms with Crippen LogP contribution in [0.1, 0.15) is 6.92 Å². The number of rotatable bonds is 2. The van der Waals surface area contributed by atoms with Gasteiger partial charge in [0.05, 0.1) is 13.1 Å². The molecule has 0 spiro atoms. The van der Waals surface area contributed by atoms with Crippen LogP contribution in [-0.2, 0) is 4.79 Å². The topological polar surface area (TPSA) is 55.1 Å². The van der Waals surface area contributed by atoms with Crippen molar-refractivity contribution in [1.82, 2.24) is 5.32 Å². The smallest absolute Gasteiger partial charge is 0.234 e. The summed E-state index contributed by atoms with van der Waals surface area (Å²) in [5.74, 6) is 5.15. The molecule has 0 atom stereocenters. The molecule has 3 nitrogen and oxygen atoms in total. The van der Waals surface area contributed by atoms with Crippen LogP contribution in [-0.4, -0.2) is 19.0 Å². The quantitative estimate of drug-likeness (QED) is 0.470. The Morgan fingerprint density at radius 2 is 2.44 bits per heavy atom. The third-order valence-corrected chi connectivity index (χ3v) is 0.736. The Balaban J connectivity index is 3.24. The van der Waals surface area contributed by atoms with Gasteiger partial charge in [-0.05, 0) is 6.92 Å². The summed E-state index contributed by atoms with van der Waals surface area (Å²) >= 11 is 0. The molecule has 0 fully saturated rings. The molecular formula is C6H10N2O. The van der Waals surface area contributed by atoms with Crippen LogP contribution in [0, 0.1) is 11.8 Å². The van der Waals surface area contributed by atoms with Gasteiger partial charge >= 0.3 is 0 Å². The first kappa shape index (κ1) is 7.99. The molecule has 3 N–H and O–H groups in total. The van der Waals surface area contributed by atoms with Crippen molar-refractivity contribution >= 4 is 5.91 Å².